The van der Waals surface area contributed by atoms with Crippen molar-refractivity contribution in [3.8, 4) is 0 Å². The Labute approximate surface area is 775 Å². The number of carbonyl (C=O) groups excluding carboxylic acids is 17. The molecule has 0 bridgehead atoms. The zero-order valence-corrected chi connectivity index (χ0v) is 77.6. The number of hydrogen-bond acceptors (Lipinski definition) is 21. The predicted molar refractivity (Wildman–Crippen MR) is 494 cm³/mol. The SMILES string of the molecule is CCCC[C@H]1C(=O)N(C)[C@@H](CCCC)C(=O)N[C@@H](CCCNC(=N)N)C(=O)N[C@H](C(=O)NCC(N)=O)CSCC(=O)N[C@@H](Cc2ccccc2)C(=O)N(C)[C@@H](C)C(=O)N[C@@H](CC(N)=O)C(=O)N2CCC[C@H]2C(=O)N[C@@H](Cc2cnc[nH]2)C(=O)N[C@@H](CC(C)C)C(=O)N(C)CC(=O)N[C@@H](Cc2c[nH]c3ccccc23)C(=O)N(C)[C@@H](CO)C(=O)N[C@@H](Cc2c[nH]c3ccccc23)C(=O)N1C. The average molecular weight is 1870 g/mol. The number of primary amides is 2. The third kappa shape index (κ3) is 30.0. The lowest BCUT2D eigenvalue weighted by atomic mass is 10.00. The number of unbranched alkanes of at least 4 members (excludes halogenated alkanes) is 2. The number of aromatic amines is 3. The fourth-order valence-electron chi connectivity index (χ4n) is 16.1. The van der Waals surface area contributed by atoms with Crippen LogP contribution in [0.25, 0.3) is 21.8 Å². The van der Waals surface area contributed by atoms with Gasteiger partial charge in [0.05, 0.1) is 38.2 Å². The van der Waals surface area contributed by atoms with E-state index in [-0.39, 0.29) is 89.6 Å². The second-order valence-electron chi connectivity index (χ2n) is 34.1. The van der Waals surface area contributed by atoms with Crippen molar-refractivity contribution in [2.24, 2.45) is 23.1 Å². The van der Waals surface area contributed by atoms with Crippen molar-refractivity contribution in [3.05, 3.63) is 126 Å². The lowest BCUT2D eigenvalue weighted by Gasteiger charge is -2.37. The van der Waals surface area contributed by atoms with E-state index >= 15 is 24.0 Å². The van der Waals surface area contributed by atoms with E-state index in [0.29, 0.717) is 69.9 Å². The van der Waals surface area contributed by atoms with E-state index in [4.69, 9.17) is 22.6 Å². The summed E-state index contributed by atoms with van der Waals surface area (Å²) in [6, 6.07) is 3.02. The fraction of sp³-hybridized carbons (Fsp3) is 0.522. The lowest BCUT2D eigenvalue weighted by molar-refractivity contribution is -0.150. The number of amides is 17. The summed E-state index contributed by atoms with van der Waals surface area (Å²) in [6.07, 6.45) is 6.05. The van der Waals surface area contributed by atoms with Gasteiger partial charge in [0, 0.05) is 126 Å². The van der Waals surface area contributed by atoms with Gasteiger partial charge < -0.3 is 120 Å². The predicted octanol–water partition coefficient (Wildman–Crippen LogP) is -1.80. The minimum absolute atomic E-state index is 0.00163. The number of nitrogens with one attached hydrogen (secondary N) is 14. The number of benzene rings is 3. The van der Waals surface area contributed by atoms with E-state index in [1.54, 1.807) is 105 Å². The monoisotopic (exact) mass is 1860 g/mol. The van der Waals surface area contributed by atoms with Gasteiger partial charge in [0.25, 0.3) is 0 Å². The standard InChI is InChI=1S/C90H128N24O18S/c1-11-13-31-69-81(124)103-61(30-22-34-96-90(93)94)79(122)108-68(78(121)99-45-74(92)117)48-133-49-76(119)102-64(37-53-24-16-15-17-25-53)85(128)110(7)52(5)77(120)105-67(41-73(91)116)88(131)114-35-23-33-70(114)82(125)104-62(40-56-44-95-50-100-56)80(123)106-63(36-51(3)4)84(127)109(6)46-75(118)101-65(38-54-42-97-59-28-20-18-26-57(54)59)86(129)113(10)72(47-115)83(126)107-66(39-55-43-98-60-29-21-19-27-58(55)60)87(130)112(9)71(32-14-12-2)89(132)111(69)8/h15-21,24-29,42-44,50-52,61-72,97-98,115H,11-14,22-23,30-41,45-49H2,1-10H3,(H2,91,116)(H2,92,117)(H,95,100)(H,99,121)(H,101,118)(H,102,119)(H,103,124)(H,104,125)(H,105,120)(H,106,123)(H,107,126)(H,108,122)(H4,93,94,96)/t52-,61-,62-,63-,64-,65-,66-,67-,68-,69-,70-,71-,72-/m0/s1. The molecule has 17 amide bonds. The summed E-state index contributed by atoms with van der Waals surface area (Å²) in [5, 5.41) is 47.2. The Bertz CT molecular complexity index is 5090. The Morgan fingerprint density at radius 1 is 0.534 bits per heavy atom. The van der Waals surface area contributed by atoms with Gasteiger partial charge in [-0.2, -0.15) is 0 Å². The first-order valence-corrected chi connectivity index (χ1v) is 45.8. The largest absolute Gasteiger partial charge is 0.394 e. The number of aromatic nitrogens is 4. The molecule has 2 aliphatic rings. The maximum absolute atomic E-state index is 15.8. The summed E-state index contributed by atoms with van der Waals surface area (Å²) in [5.74, 6) is -17.0. The molecule has 0 unspecified atom stereocenters. The van der Waals surface area contributed by atoms with Crippen molar-refractivity contribution in [2.75, 3.05) is 79.5 Å². The first-order valence-electron chi connectivity index (χ1n) is 44.6. The molecular weight excluding hydrogens is 1740 g/mol. The Morgan fingerprint density at radius 2 is 1.07 bits per heavy atom. The molecule has 3 aromatic heterocycles. The number of hydrogen-bond donors (Lipinski definition) is 18. The van der Waals surface area contributed by atoms with Crippen molar-refractivity contribution in [1.29, 1.82) is 5.41 Å². The topological polar surface area (TPSA) is 612 Å². The Kier molecular flexibility index (Phi) is 40.1. The first-order chi connectivity index (χ1) is 63.3. The second kappa shape index (κ2) is 50.8. The van der Waals surface area contributed by atoms with Crippen LogP contribution in [-0.4, -0.2) is 319 Å². The number of likely N-dealkylation sites (N-methyl/N-ethyl adjacent to an activating group) is 5. The van der Waals surface area contributed by atoms with Crippen molar-refractivity contribution >= 4 is 140 Å². The zero-order chi connectivity index (χ0) is 97.4. The van der Waals surface area contributed by atoms with E-state index in [0.717, 1.165) is 41.2 Å². The van der Waals surface area contributed by atoms with Crippen LogP contribution in [0.1, 0.15) is 134 Å². The van der Waals surface area contributed by atoms with Gasteiger partial charge in [-0.25, -0.2) is 4.98 Å². The quantitative estimate of drug-likeness (QED) is 0.0162. The van der Waals surface area contributed by atoms with Gasteiger partial charge in [0.2, 0.25) is 100 Å². The summed E-state index contributed by atoms with van der Waals surface area (Å²) in [7, 11) is 6.49. The molecule has 0 spiro atoms. The van der Waals surface area contributed by atoms with E-state index in [9.17, 15) is 62.6 Å². The van der Waals surface area contributed by atoms with E-state index in [2.05, 4.69) is 73.1 Å². The highest BCUT2D eigenvalue weighted by Gasteiger charge is 2.45. The Morgan fingerprint density at radius 3 is 1.65 bits per heavy atom. The molecule has 5 heterocycles. The molecule has 722 valence electrons. The zero-order valence-electron chi connectivity index (χ0n) is 76.8. The van der Waals surface area contributed by atoms with Gasteiger partial charge in [0.1, 0.15) is 78.5 Å². The summed E-state index contributed by atoms with van der Waals surface area (Å²) < 4.78 is 0. The smallest absolute Gasteiger partial charge is 0.246 e. The average Bonchev–Trinajstić information content (AvgIpc) is 1.78. The number of carbonyl (C=O) groups is 17. The van der Waals surface area contributed by atoms with Crippen LogP contribution in [0.2, 0.25) is 0 Å². The molecule has 133 heavy (non-hydrogen) atoms. The molecule has 0 aliphatic carbocycles. The van der Waals surface area contributed by atoms with Crippen molar-refractivity contribution in [2.45, 2.75) is 216 Å². The highest BCUT2D eigenvalue weighted by atomic mass is 32.2. The molecule has 43 heteroatoms. The summed E-state index contributed by atoms with van der Waals surface area (Å²) in [6.45, 7) is 5.97. The number of H-pyrrole nitrogens is 3. The van der Waals surface area contributed by atoms with Crippen LogP contribution in [0.15, 0.2) is 104 Å². The molecular formula is C90H128N24O18S. The van der Waals surface area contributed by atoms with Crippen LogP contribution < -0.4 is 70.4 Å². The summed E-state index contributed by atoms with van der Waals surface area (Å²) in [5.41, 5.74) is 20.1. The molecule has 2 aliphatic heterocycles. The molecule has 6 aromatic rings. The highest BCUT2D eigenvalue weighted by Crippen LogP contribution is 2.27. The molecule has 2 saturated heterocycles. The van der Waals surface area contributed by atoms with Gasteiger partial charge >= 0.3 is 0 Å². The number of guanidine groups is 1. The molecule has 8 rings (SSSR count). The number of aliphatic hydroxyl groups excluding tert-OH is 1. The van der Waals surface area contributed by atoms with Crippen LogP contribution in [-0.2, 0) is 107 Å². The summed E-state index contributed by atoms with van der Waals surface area (Å²) >= 11 is 0.796. The van der Waals surface area contributed by atoms with Gasteiger partial charge in [-0.05, 0) is 86.6 Å². The van der Waals surface area contributed by atoms with Gasteiger partial charge in [-0.3, -0.25) is 86.9 Å². The molecule has 21 N–H and O–H groups in total. The maximum Gasteiger partial charge on any atom is 0.246 e. The van der Waals surface area contributed by atoms with Crippen molar-refractivity contribution in [1.82, 2.24) is 103 Å². The van der Waals surface area contributed by atoms with Crippen molar-refractivity contribution in [3.63, 3.8) is 0 Å². The number of aliphatic hydroxyl groups is 1. The second-order valence-corrected chi connectivity index (χ2v) is 35.1. The van der Waals surface area contributed by atoms with Crippen LogP contribution in [0.3, 0.4) is 0 Å². The minimum Gasteiger partial charge on any atom is -0.394 e. The van der Waals surface area contributed by atoms with Crippen LogP contribution >= 0.6 is 11.8 Å². The molecule has 0 saturated carbocycles. The third-order valence-corrected chi connectivity index (χ3v) is 24.6. The fourth-order valence-corrected chi connectivity index (χ4v) is 17.0. The molecule has 0 radical (unpaired) electrons. The number of fused-ring (bicyclic) bond motifs is 3. The Balaban J connectivity index is 1.19. The third-order valence-electron chi connectivity index (χ3n) is 23.6. The Hall–Kier alpha value is -13.5. The number of thioether (sulfide) groups is 1. The van der Waals surface area contributed by atoms with Gasteiger partial charge in [0.15, 0.2) is 5.96 Å². The van der Waals surface area contributed by atoms with Crippen LogP contribution in [0, 0.1) is 11.3 Å². The lowest BCUT2D eigenvalue weighted by Crippen LogP contribution is -2.61. The first kappa shape index (κ1) is 105. The van der Waals surface area contributed by atoms with E-state index < -0.39 is 223 Å². The van der Waals surface area contributed by atoms with E-state index in [1.165, 1.54) is 54.7 Å². The van der Waals surface area contributed by atoms with Gasteiger partial charge in [-0.1, -0.05) is 120 Å². The number of nitrogens with zero attached hydrogens (tertiary/aromatic N) is 7. The summed E-state index contributed by atoms with van der Waals surface area (Å²) in [4.78, 5) is 269. The molecule has 13 atom stereocenters. The number of nitrogens with two attached hydrogens (primary N) is 3. The normalized spacial score (nSPS) is 23.5. The number of imidazole rings is 1. The van der Waals surface area contributed by atoms with E-state index in [1.807, 2.05) is 13.8 Å². The number of para-hydroxylation sites is 2. The minimum atomic E-state index is -1.80. The molecule has 2 fully saturated rings. The van der Waals surface area contributed by atoms with Crippen molar-refractivity contribution < 1.29 is 86.6 Å². The van der Waals surface area contributed by atoms with Gasteiger partial charge in [-0.15, -0.1) is 11.8 Å². The molecule has 3 aromatic carbocycles. The van der Waals surface area contributed by atoms with Crippen LogP contribution in [0.5, 0.6) is 0 Å². The maximum atomic E-state index is 15.8. The molecule has 42 nitrogen and oxygen atoms in total. The number of rotatable bonds is 26. The van der Waals surface area contributed by atoms with Crippen LogP contribution in [0.4, 0.5) is 0 Å². The highest BCUT2D eigenvalue weighted by molar-refractivity contribution is 8.00.